The van der Waals surface area contributed by atoms with Gasteiger partial charge in [-0.1, -0.05) is 35.9 Å². The predicted molar refractivity (Wildman–Crippen MR) is 99.2 cm³/mol. The fourth-order valence-electron chi connectivity index (χ4n) is 3.07. The second kappa shape index (κ2) is 7.70. The summed E-state index contributed by atoms with van der Waals surface area (Å²) in [6.45, 7) is 1.98. The van der Waals surface area contributed by atoms with Crippen molar-refractivity contribution in [2.24, 2.45) is 0 Å². The number of hydrogen-bond donors (Lipinski definition) is 1. The quantitative estimate of drug-likeness (QED) is 0.795. The van der Waals surface area contributed by atoms with E-state index in [4.69, 9.17) is 11.6 Å². The number of carbonyl (C=O) groups excluding carboxylic acids is 3. The van der Waals surface area contributed by atoms with Crippen LogP contribution in [0.5, 0.6) is 0 Å². The zero-order chi connectivity index (χ0) is 18.7. The molecule has 5 nitrogen and oxygen atoms in total. The van der Waals surface area contributed by atoms with Crippen LogP contribution in [-0.4, -0.2) is 35.2 Å². The topological polar surface area (TPSA) is 66.5 Å². The van der Waals surface area contributed by atoms with E-state index in [0.717, 1.165) is 10.5 Å². The van der Waals surface area contributed by atoms with Crippen LogP contribution in [0.4, 0.5) is 0 Å². The maximum Gasteiger partial charge on any atom is 0.261 e. The first kappa shape index (κ1) is 18.1. The highest BCUT2D eigenvalue weighted by atomic mass is 35.5. The number of hydrogen-bond acceptors (Lipinski definition) is 3. The van der Waals surface area contributed by atoms with Crippen molar-refractivity contribution in [1.82, 2.24) is 10.2 Å². The van der Waals surface area contributed by atoms with E-state index in [1.807, 2.05) is 25.1 Å². The number of fused-ring (bicyclic) bond motifs is 1. The molecule has 0 fully saturated rings. The second-order valence-electron chi connectivity index (χ2n) is 6.36. The highest BCUT2D eigenvalue weighted by Gasteiger charge is 2.34. The smallest absolute Gasteiger partial charge is 0.261 e. The van der Waals surface area contributed by atoms with Crippen molar-refractivity contribution in [3.63, 3.8) is 0 Å². The third-order valence-corrected chi connectivity index (χ3v) is 4.51. The molecule has 1 N–H and O–H groups in total. The Labute approximate surface area is 156 Å². The summed E-state index contributed by atoms with van der Waals surface area (Å²) in [4.78, 5) is 37.8. The first-order chi connectivity index (χ1) is 12.5. The Balaban J connectivity index is 1.52. The standard InChI is InChI=1S/C20H19ClN2O3/c1-13(11-14-5-4-6-15(21)12-14)22-18(24)9-10-23-19(25)16-7-2-3-8-17(16)20(23)26/h2-8,12-13H,9-11H2,1H3,(H,22,24). The molecule has 6 heteroatoms. The Hall–Kier alpha value is -2.66. The fourth-order valence-corrected chi connectivity index (χ4v) is 3.28. The van der Waals surface area contributed by atoms with Crippen molar-refractivity contribution >= 4 is 29.3 Å². The van der Waals surface area contributed by atoms with Crippen molar-refractivity contribution < 1.29 is 14.4 Å². The molecule has 3 amide bonds. The third-order valence-electron chi connectivity index (χ3n) is 4.28. The van der Waals surface area contributed by atoms with Gasteiger partial charge in [0.25, 0.3) is 11.8 Å². The maximum absolute atomic E-state index is 12.3. The van der Waals surface area contributed by atoms with Crippen LogP contribution in [0.25, 0.3) is 0 Å². The van der Waals surface area contributed by atoms with Crippen LogP contribution in [0.3, 0.4) is 0 Å². The summed E-state index contributed by atoms with van der Waals surface area (Å²) in [5, 5.41) is 3.55. The van der Waals surface area contributed by atoms with E-state index in [0.29, 0.717) is 22.6 Å². The van der Waals surface area contributed by atoms with Crippen molar-refractivity contribution in [3.05, 3.63) is 70.2 Å². The molecule has 0 aromatic heterocycles. The lowest BCUT2D eigenvalue weighted by Gasteiger charge is -2.16. The number of imide groups is 1. The van der Waals surface area contributed by atoms with E-state index in [1.165, 1.54) is 0 Å². The van der Waals surface area contributed by atoms with Gasteiger partial charge in [0.05, 0.1) is 11.1 Å². The van der Waals surface area contributed by atoms with Gasteiger partial charge < -0.3 is 5.32 Å². The highest BCUT2D eigenvalue weighted by Crippen LogP contribution is 2.22. The van der Waals surface area contributed by atoms with E-state index >= 15 is 0 Å². The average molecular weight is 371 g/mol. The van der Waals surface area contributed by atoms with E-state index in [-0.39, 0.29) is 36.7 Å². The largest absolute Gasteiger partial charge is 0.353 e. The SMILES string of the molecule is CC(Cc1cccc(Cl)c1)NC(=O)CCN1C(=O)c2ccccc2C1=O. The monoisotopic (exact) mass is 370 g/mol. The van der Waals surface area contributed by atoms with Crippen LogP contribution in [0.1, 0.15) is 39.6 Å². The van der Waals surface area contributed by atoms with Crippen LogP contribution < -0.4 is 5.32 Å². The van der Waals surface area contributed by atoms with E-state index in [1.54, 1.807) is 30.3 Å². The molecule has 0 saturated heterocycles. The zero-order valence-corrected chi connectivity index (χ0v) is 15.1. The normalized spacial score (nSPS) is 14.3. The lowest BCUT2D eigenvalue weighted by Crippen LogP contribution is -2.38. The molecule has 1 aliphatic rings. The number of rotatable bonds is 6. The molecule has 0 aliphatic carbocycles. The van der Waals surface area contributed by atoms with Crippen molar-refractivity contribution in [2.75, 3.05) is 6.54 Å². The van der Waals surface area contributed by atoms with Gasteiger partial charge in [-0.05, 0) is 43.2 Å². The molecule has 1 aliphatic heterocycles. The van der Waals surface area contributed by atoms with Crippen molar-refractivity contribution in [3.8, 4) is 0 Å². The van der Waals surface area contributed by atoms with Crippen molar-refractivity contribution in [2.45, 2.75) is 25.8 Å². The molecule has 26 heavy (non-hydrogen) atoms. The third kappa shape index (κ3) is 3.94. The van der Waals surface area contributed by atoms with Gasteiger partial charge in [0.1, 0.15) is 0 Å². The second-order valence-corrected chi connectivity index (χ2v) is 6.80. The molecule has 1 atom stereocenters. The fraction of sp³-hybridized carbons (Fsp3) is 0.250. The summed E-state index contributed by atoms with van der Waals surface area (Å²) >= 11 is 5.97. The summed E-state index contributed by atoms with van der Waals surface area (Å²) in [5.41, 5.74) is 1.82. The van der Waals surface area contributed by atoms with Crippen LogP contribution in [0.15, 0.2) is 48.5 Å². The van der Waals surface area contributed by atoms with Crippen LogP contribution >= 0.6 is 11.6 Å². The molecule has 1 heterocycles. The number of benzene rings is 2. The molecule has 2 aromatic carbocycles. The Morgan fingerprint density at radius 2 is 1.73 bits per heavy atom. The van der Waals surface area contributed by atoms with Gasteiger partial charge in [-0.3, -0.25) is 19.3 Å². The zero-order valence-electron chi connectivity index (χ0n) is 14.4. The van der Waals surface area contributed by atoms with Gasteiger partial charge in [-0.15, -0.1) is 0 Å². The van der Waals surface area contributed by atoms with E-state index < -0.39 is 0 Å². The molecule has 0 spiro atoms. The number of carbonyl (C=O) groups is 3. The lowest BCUT2D eigenvalue weighted by atomic mass is 10.1. The number of nitrogens with one attached hydrogen (secondary N) is 1. The van der Waals surface area contributed by atoms with E-state index in [9.17, 15) is 14.4 Å². The summed E-state index contributed by atoms with van der Waals surface area (Å²) in [7, 11) is 0. The van der Waals surface area contributed by atoms with Gasteiger partial charge in [0.15, 0.2) is 0 Å². The highest BCUT2D eigenvalue weighted by molar-refractivity contribution is 6.30. The minimum atomic E-state index is -0.342. The number of amides is 3. The van der Waals surface area contributed by atoms with Gasteiger partial charge >= 0.3 is 0 Å². The first-order valence-electron chi connectivity index (χ1n) is 8.44. The van der Waals surface area contributed by atoms with Crippen molar-refractivity contribution in [1.29, 1.82) is 0 Å². The molecule has 1 unspecified atom stereocenters. The van der Waals surface area contributed by atoms with Crippen LogP contribution in [0.2, 0.25) is 5.02 Å². The molecule has 134 valence electrons. The molecule has 0 radical (unpaired) electrons. The van der Waals surface area contributed by atoms with Gasteiger partial charge in [-0.25, -0.2) is 0 Å². The summed E-state index contributed by atoms with van der Waals surface area (Å²) in [6, 6.07) is 14.1. The first-order valence-corrected chi connectivity index (χ1v) is 8.82. The van der Waals surface area contributed by atoms with Crippen LogP contribution in [0, 0.1) is 0 Å². The molecule has 0 saturated carbocycles. The summed E-state index contributed by atoms with van der Waals surface area (Å²) in [5.74, 6) is -0.883. The average Bonchev–Trinajstić information content (AvgIpc) is 2.84. The molecule has 3 rings (SSSR count). The van der Waals surface area contributed by atoms with E-state index in [2.05, 4.69) is 5.32 Å². The Kier molecular flexibility index (Phi) is 5.38. The molecular formula is C20H19ClN2O3. The van der Waals surface area contributed by atoms with Gasteiger partial charge in [0.2, 0.25) is 5.91 Å². The van der Waals surface area contributed by atoms with Crippen LogP contribution in [-0.2, 0) is 11.2 Å². The predicted octanol–water partition coefficient (Wildman–Crippen LogP) is 3.07. The summed E-state index contributed by atoms with van der Waals surface area (Å²) < 4.78 is 0. The Bertz CT molecular complexity index is 831. The van der Waals surface area contributed by atoms with Gasteiger partial charge in [0, 0.05) is 24.0 Å². The molecular weight excluding hydrogens is 352 g/mol. The minimum absolute atomic E-state index is 0.0715. The van der Waals surface area contributed by atoms with Gasteiger partial charge in [-0.2, -0.15) is 0 Å². The maximum atomic E-state index is 12.3. The summed E-state index contributed by atoms with van der Waals surface area (Å²) in [6.07, 6.45) is 0.727. The minimum Gasteiger partial charge on any atom is -0.353 e. The Morgan fingerprint density at radius 1 is 1.08 bits per heavy atom. The lowest BCUT2D eigenvalue weighted by molar-refractivity contribution is -0.121. The molecule has 0 bridgehead atoms. The Morgan fingerprint density at radius 3 is 2.35 bits per heavy atom. The molecule has 2 aromatic rings. The number of nitrogens with zero attached hydrogens (tertiary/aromatic N) is 1. The number of halogens is 1.